The molecule has 1 aromatic rings. The van der Waals surface area contributed by atoms with E-state index in [2.05, 4.69) is 78.6 Å². The van der Waals surface area contributed by atoms with E-state index < -0.39 is 0 Å². The van der Waals surface area contributed by atoms with Crippen molar-refractivity contribution in [2.24, 2.45) is 4.99 Å². The Morgan fingerprint density at radius 1 is 1.28 bits per heavy atom. The topological polar surface area (TPSA) is 34.1 Å². The predicted molar refractivity (Wildman–Crippen MR) is 110 cm³/mol. The average Bonchev–Trinajstić information content (AvgIpc) is 2.61. The molecule has 0 bridgehead atoms. The highest BCUT2D eigenvalue weighted by Crippen LogP contribution is 2.15. The van der Waals surface area contributed by atoms with Gasteiger partial charge in [-0.15, -0.1) is 11.8 Å². The summed E-state index contributed by atoms with van der Waals surface area (Å²) in [5.41, 5.74) is 1.31. The number of nitrogens with zero attached hydrogens (tertiary/aromatic N) is 4. The summed E-state index contributed by atoms with van der Waals surface area (Å²) in [4.78, 5) is 13.2. The van der Waals surface area contributed by atoms with Crippen LogP contribution in [-0.4, -0.2) is 86.8 Å². The molecule has 25 heavy (non-hydrogen) atoms. The molecule has 1 fully saturated rings. The second-order valence-corrected chi connectivity index (χ2v) is 7.68. The Labute approximate surface area is 157 Å². The predicted octanol–water partition coefficient (Wildman–Crippen LogP) is 2.05. The maximum absolute atomic E-state index is 4.91. The number of hydrogen-bond donors (Lipinski definition) is 1. The highest BCUT2D eigenvalue weighted by molar-refractivity contribution is 7.98. The minimum Gasteiger partial charge on any atom is -0.357 e. The Morgan fingerprint density at radius 3 is 2.64 bits per heavy atom. The van der Waals surface area contributed by atoms with Gasteiger partial charge in [-0.25, -0.2) is 0 Å². The van der Waals surface area contributed by atoms with Gasteiger partial charge in [0.25, 0.3) is 0 Å². The molecule has 0 saturated carbocycles. The van der Waals surface area contributed by atoms with Gasteiger partial charge in [0, 0.05) is 50.7 Å². The fraction of sp³-hybridized carbons (Fsp3) is 0.632. The zero-order chi connectivity index (χ0) is 18.2. The molecule has 5 nitrogen and oxygen atoms in total. The van der Waals surface area contributed by atoms with Gasteiger partial charge in [0.05, 0.1) is 6.54 Å². The number of likely N-dealkylation sites (N-methyl/N-ethyl adjacent to an activating group) is 2. The maximum Gasteiger partial charge on any atom is 0.194 e. The van der Waals surface area contributed by atoms with E-state index in [1.54, 1.807) is 11.8 Å². The number of hydrogen-bond acceptors (Lipinski definition) is 4. The van der Waals surface area contributed by atoms with Crippen LogP contribution in [0.3, 0.4) is 0 Å². The van der Waals surface area contributed by atoms with E-state index >= 15 is 0 Å². The van der Waals surface area contributed by atoms with Gasteiger partial charge in [0.15, 0.2) is 5.96 Å². The van der Waals surface area contributed by atoms with E-state index in [4.69, 9.17) is 4.99 Å². The molecule has 2 rings (SSSR count). The van der Waals surface area contributed by atoms with E-state index in [-0.39, 0.29) is 0 Å². The molecule has 0 radical (unpaired) electrons. The van der Waals surface area contributed by atoms with Crippen LogP contribution < -0.4 is 5.32 Å². The van der Waals surface area contributed by atoms with Gasteiger partial charge in [-0.05, 0) is 45.0 Å². The van der Waals surface area contributed by atoms with Crippen molar-refractivity contribution >= 4 is 17.7 Å². The molecule has 1 aliphatic heterocycles. The van der Waals surface area contributed by atoms with Crippen molar-refractivity contribution in [1.29, 1.82) is 0 Å². The van der Waals surface area contributed by atoms with Crippen LogP contribution in [0, 0.1) is 0 Å². The highest BCUT2D eigenvalue weighted by atomic mass is 32.2. The Bertz CT molecular complexity index is 545. The first kappa shape index (κ1) is 20.1. The van der Waals surface area contributed by atoms with Gasteiger partial charge in [-0.3, -0.25) is 9.89 Å². The summed E-state index contributed by atoms with van der Waals surface area (Å²) in [6.07, 6.45) is 2.11. The molecule has 1 unspecified atom stereocenters. The van der Waals surface area contributed by atoms with E-state index in [9.17, 15) is 0 Å². The van der Waals surface area contributed by atoms with E-state index in [1.807, 2.05) is 0 Å². The number of guanidine groups is 1. The van der Waals surface area contributed by atoms with Crippen molar-refractivity contribution in [3.63, 3.8) is 0 Å². The molecule has 0 aliphatic carbocycles. The van der Waals surface area contributed by atoms with Gasteiger partial charge in [-0.1, -0.05) is 12.1 Å². The number of piperazine rings is 1. The lowest BCUT2D eigenvalue weighted by molar-refractivity contribution is 0.119. The third kappa shape index (κ3) is 6.20. The lowest BCUT2D eigenvalue weighted by Crippen LogP contribution is -2.51. The number of nitrogens with one attached hydrogen (secondary N) is 1. The fourth-order valence-corrected chi connectivity index (χ4v) is 3.45. The number of thioether (sulfide) groups is 1. The Hall–Kier alpha value is -1.24. The largest absolute Gasteiger partial charge is 0.357 e. The van der Waals surface area contributed by atoms with Crippen LogP contribution in [0.15, 0.2) is 34.2 Å². The molecule has 0 amide bonds. The highest BCUT2D eigenvalue weighted by Gasteiger charge is 2.22. The molecule has 1 N–H and O–H groups in total. The first-order valence-electron chi connectivity index (χ1n) is 9.04. The summed E-state index contributed by atoms with van der Waals surface area (Å²) in [5.74, 6) is 0.984. The first-order chi connectivity index (χ1) is 12.0. The SMILES string of the molecule is CCNC(=NCC1CN(C)CCN1C)N(C)Cc1ccc(SC)cc1. The minimum atomic E-state index is 0.488. The zero-order valence-corrected chi connectivity index (χ0v) is 17.1. The van der Waals surface area contributed by atoms with Gasteiger partial charge in [0.2, 0.25) is 0 Å². The second-order valence-electron chi connectivity index (χ2n) is 6.80. The molecule has 0 aromatic heterocycles. The molecule has 1 atom stereocenters. The zero-order valence-electron chi connectivity index (χ0n) is 16.3. The fourth-order valence-electron chi connectivity index (χ4n) is 3.04. The summed E-state index contributed by atoms with van der Waals surface area (Å²) < 4.78 is 0. The lowest BCUT2D eigenvalue weighted by atomic mass is 10.2. The average molecular weight is 364 g/mol. The van der Waals surface area contributed by atoms with Crippen LogP contribution in [0.25, 0.3) is 0 Å². The van der Waals surface area contributed by atoms with Crippen molar-refractivity contribution < 1.29 is 0 Å². The third-order valence-corrected chi connectivity index (χ3v) is 5.45. The number of aliphatic imine (C=N–C) groups is 1. The Kier molecular flexibility index (Phi) is 8.06. The normalized spacial score (nSPS) is 19.9. The molecule has 1 aliphatic rings. The van der Waals surface area contributed by atoms with E-state index in [0.717, 1.165) is 45.2 Å². The Balaban J connectivity index is 1.99. The molecule has 1 saturated heterocycles. The van der Waals surface area contributed by atoms with Crippen molar-refractivity contribution in [2.45, 2.75) is 24.4 Å². The maximum atomic E-state index is 4.91. The van der Waals surface area contributed by atoms with Crippen molar-refractivity contribution in [1.82, 2.24) is 20.0 Å². The molecular formula is C19H33N5S. The monoisotopic (exact) mass is 363 g/mol. The molecular weight excluding hydrogens is 330 g/mol. The Morgan fingerprint density at radius 2 is 2.00 bits per heavy atom. The van der Waals surface area contributed by atoms with Gasteiger partial charge in [-0.2, -0.15) is 0 Å². The van der Waals surface area contributed by atoms with E-state index in [0.29, 0.717) is 6.04 Å². The summed E-state index contributed by atoms with van der Waals surface area (Å²) in [7, 11) is 6.51. The molecule has 140 valence electrons. The van der Waals surface area contributed by atoms with Crippen molar-refractivity contribution in [3.8, 4) is 0 Å². The standard InChI is InChI=1S/C19H33N5S/c1-6-20-19(21-13-17-15-22(2)11-12-23(17)3)24(4)14-16-7-9-18(25-5)10-8-16/h7-10,17H,6,11-15H2,1-5H3,(H,20,21). The van der Waals surface area contributed by atoms with Crippen LogP contribution >= 0.6 is 11.8 Å². The van der Waals surface area contributed by atoms with Gasteiger partial charge >= 0.3 is 0 Å². The number of rotatable bonds is 6. The van der Waals surface area contributed by atoms with Crippen LogP contribution in [0.2, 0.25) is 0 Å². The van der Waals surface area contributed by atoms with Crippen molar-refractivity contribution in [3.05, 3.63) is 29.8 Å². The molecule has 1 heterocycles. The summed E-state index contributed by atoms with van der Waals surface area (Å²) >= 11 is 1.78. The third-order valence-electron chi connectivity index (χ3n) is 4.71. The molecule has 1 aromatic carbocycles. The first-order valence-corrected chi connectivity index (χ1v) is 10.3. The summed E-state index contributed by atoms with van der Waals surface area (Å²) in [6.45, 7) is 8.04. The second kappa shape index (κ2) is 10.0. The van der Waals surface area contributed by atoms with E-state index in [1.165, 1.54) is 10.5 Å². The summed E-state index contributed by atoms with van der Waals surface area (Å²) in [5, 5.41) is 3.43. The van der Waals surface area contributed by atoms with Gasteiger partial charge < -0.3 is 15.1 Å². The minimum absolute atomic E-state index is 0.488. The van der Waals surface area contributed by atoms with Crippen LogP contribution in [0.4, 0.5) is 0 Å². The molecule has 0 spiro atoms. The van der Waals surface area contributed by atoms with Crippen LogP contribution in [0.1, 0.15) is 12.5 Å². The van der Waals surface area contributed by atoms with Crippen molar-refractivity contribution in [2.75, 3.05) is 60.1 Å². The molecule has 6 heteroatoms. The number of benzene rings is 1. The summed E-state index contributed by atoms with van der Waals surface area (Å²) in [6, 6.07) is 9.27. The van der Waals surface area contributed by atoms with Crippen LogP contribution in [-0.2, 0) is 6.54 Å². The lowest BCUT2D eigenvalue weighted by Gasteiger charge is -2.37. The van der Waals surface area contributed by atoms with Gasteiger partial charge in [0.1, 0.15) is 0 Å². The quantitative estimate of drug-likeness (QED) is 0.475. The smallest absolute Gasteiger partial charge is 0.194 e. The van der Waals surface area contributed by atoms with Crippen LogP contribution in [0.5, 0.6) is 0 Å².